The lowest BCUT2D eigenvalue weighted by Crippen LogP contribution is -2.25. The van der Waals surface area contributed by atoms with Crippen LogP contribution in [0.1, 0.15) is 25.7 Å². The molecule has 0 bridgehead atoms. The zero-order valence-electron chi connectivity index (χ0n) is 13.2. The molecule has 0 saturated heterocycles. The van der Waals surface area contributed by atoms with Crippen molar-refractivity contribution in [2.75, 3.05) is 11.9 Å². The highest BCUT2D eigenvalue weighted by Crippen LogP contribution is 2.32. The van der Waals surface area contributed by atoms with Crippen LogP contribution < -0.4 is 15.4 Å². The van der Waals surface area contributed by atoms with Gasteiger partial charge in [0.2, 0.25) is 0 Å². The van der Waals surface area contributed by atoms with Crippen molar-refractivity contribution in [3.8, 4) is 5.75 Å². The van der Waals surface area contributed by atoms with Gasteiger partial charge >= 0.3 is 6.61 Å². The summed E-state index contributed by atoms with van der Waals surface area (Å²) in [4.78, 5) is 13.0. The molecule has 2 aromatic rings. The average Bonchev–Trinajstić information content (AvgIpc) is 2.90. The molecule has 9 heteroatoms. The quantitative estimate of drug-likeness (QED) is 0.823. The molecule has 0 unspecified atom stereocenters. The highest BCUT2D eigenvalue weighted by atomic mass is 35.5. The van der Waals surface area contributed by atoms with E-state index in [9.17, 15) is 18.0 Å². The Balaban J connectivity index is 0.00000225. The molecular formula is C16H16ClF3N2O2S. The lowest BCUT2D eigenvalue weighted by atomic mass is 9.99. The highest BCUT2D eigenvalue weighted by Gasteiger charge is 2.22. The molecule has 0 atom stereocenters. The molecule has 1 aromatic heterocycles. The number of aryl methyl sites for hydroxylation is 1. The minimum atomic E-state index is -3.03. The Morgan fingerprint density at radius 3 is 2.88 bits per heavy atom. The second kappa shape index (κ2) is 8.07. The van der Waals surface area contributed by atoms with Gasteiger partial charge in [-0.2, -0.15) is 8.78 Å². The summed E-state index contributed by atoms with van der Waals surface area (Å²) in [5, 5.41) is 5.60. The first-order valence-electron chi connectivity index (χ1n) is 7.33. The van der Waals surface area contributed by atoms with Crippen molar-refractivity contribution >= 4 is 35.3 Å². The second-order valence-electron chi connectivity index (χ2n) is 5.37. The van der Waals surface area contributed by atoms with E-state index in [-0.39, 0.29) is 28.7 Å². The van der Waals surface area contributed by atoms with Crippen LogP contribution in [0.25, 0.3) is 0 Å². The first-order valence-corrected chi connectivity index (χ1v) is 8.15. The van der Waals surface area contributed by atoms with E-state index in [0.717, 1.165) is 16.9 Å². The number of benzene rings is 1. The molecule has 0 fully saturated rings. The summed E-state index contributed by atoms with van der Waals surface area (Å²) >= 11 is 1.02. The van der Waals surface area contributed by atoms with E-state index in [1.54, 1.807) is 13.0 Å². The number of halogens is 4. The molecule has 0 radical (unpaired) electrons. The van der Waals surface area contributed by atoms with Crippen molar-refractivity contribution in [2.45, 2.75) is 26.5 Å². The van der Waals surface area contributed by atoms with Crippen LogP contribution in [0.3, 0.4) is 0 Å². The maximum absolute atomic E-state index is 14.6. The Bertz CT molecular complexity index is 783. The molecular weight excluding hydrogens is 377 g/mol. The van der Waals surface area contributed by atoms with E-state index in [2.05, 4.69) is 15.4 Å². The maximum atomic E-state index is 14.6. The summed E-state index contributed by atoms with van der Waals surface area (Å²) in [6.07, 6.45) is 0.530. The Hall–Kier alpha value is -1.77. The fourth-order valence-corrected chi connectivity index (χ4v) is 3.48. The van der Waals surface area contributed by atoms with Gasteiger partial charge in [-0.15, -0.1) is 23.7 Å². The van der Waals surface area contributed by atoms with Gasteiger partial charge < -0.3 is 15.4 Å². The number of carbonyl (C=O) groups is 1. The van der Waals surface area contributed by atoms with Gasteiger partial charge in [-0.3, -0.25) is 4.79 Å². The van der Waals surface area contributed by atoms with Crippen LogP contribution in [0.5, 0.6) is 5.75 Å². The fourth-order valence-electron chi connectivity index (χ4n) is 2.64. The third kappa shape index (κ3) is 4.26. The maximum Gasteiger partial charge on any atom is 0.387 e. The molecule has 2 N–H and O–H groups in total. The first kappa shape index (κ1) is 19.6. The van der Waals surface area contributed by atoms with Crippen molar-refractivity contribution in [1.29, 1.82) is 0 Å². The SMILES string of the molecule is Cc1cc(OC(F)F)c(C(=O)Nc2ccc3c(c2F)CCNC3)s1.Cl. The molecule has 1 aromatic carbocycles. The van der Waals surface area contributed by atoms with E-state index in [1.165, 1.54) is 12.1 Å². The molecule has 2 heterocycles. The highest BCUT2D eigenvalue weighted by molar-refractivity contribution is 7.14. The number of alkyl halides is 2. The topological polar surface area (TPSA) is 50.4 Å². The Labute approximate surface area is 152 Å². The number of carbonyl (C=O) groups excluding carboxylic acids is 1. The largest absolute Gasteiger partial charge is 0.433 e. The van der Waals surface area contributed by atoms with Gasteiger partial charge in [-0.1, -0.05) is 6.07 Å². The summed E-state index contributed by atoms with van der Waals surface area (Å²) in [5.41, 5.74) is 1.46. The van der Waals surface area contributed by atoms with Crippen LogP contribution in [0.2, 0.25) is 0 Å². The summed E-state index contributed by atoms with van der Waals surface area (Å²) in [5.74, 6) is -1.35. The fraction of sp³-hybridized carbons (Fsp3) is 0.312. The number of anilines is 1. The number of rotatable bonds is 4. The lowest BCUT2D eigenvalue weighted by molar-refractivity contribution is -0.0498. The number of thiophene rings is 1. The molecule has 0 aliphatic carbocycles. The van der Waals surface area contributed by atoms with E-state index in [0.29, 0.717) is 30.0 Å². The summed E-state index contributed by atoms with van der Waals surface area (Å²) in [6.45, 7) is -0.111. The lowest BCUT2D eigenvalue weighted by Gasteiger charge is -2.19. The van der Waals surface area contributed by atoms with Gasteiger partial charge in [0.25, 0.3) is 5.91 Å². The van der Waals surface area contributed by atoms with Crippen LogP contribution in [-0.2, 0) is 13.0 Å². The zero-order chi connectivity index (χ0) is 17.3. The van der Waals surface area contributed by atoms with Gasteiger partial charge in [0.1, 0.15) is 16.4 Å². The van der Waals surface area contributed by atoms with Gasteiger partial charge in [0, 0.05) is 11.4 Å². The van der Waals surface area contributed by atoms with Crippen molar-refractivity contribution < 1.29 is 22.7 Å². The molecule has 136 valence electrons. The Kier molecular flexibility index (Phi) is 6.31. The van der Waals surface area contributed by atoms with Crippen LogP contribution >= 0.6 is 23.7 Å². The number of hydrogen-bond donors (Lipinski definition) is 2. The standard InChI is InChI=1S/C16H15F3N2O2S.ClH/c1-8-6-12(23-16(18)19)14(24-8)15(22)21-11-3-2-9-7-20-5-4-10(9)13(11)17;/h2-3,6,16,20H,4-5,7H2,1H3,(H,21,22);1H. The van der Waals surface area contributed by atoms with Crippen LogP contribution in [0, 0.1) is 12.7 Å². The molecule has 1 aliphatic heterocycles. The van der Waals surface area contributed by atoms with Gasteiger partial charge in [-0.05, 0) is 43.1 Å². The number of hydrogen-bond acceptors (Lipinski definition) is 4. The molecule has 1 aliphatic rings. The molecule has 4 nitrogen and oxygen atoms in total. The zero-order valence-corrected chi connectivity index (χ0v) is 14.8. The number of nitrogens with one attached hydrogen (secondary N) is 2. The average molecular weight is 393 g/mol. The van der Waals surface area contributed by atoms with Crippen molar-refractivity contribution in [2.24, 2.45) is 0 Å². The minimum absolute atomic E-state index is 0. The van der Waals surface area contributed by atoms with Crippen LogP contribution in [0.15, 0.2) is 18.2 Å². The van der Waals surface area contributed by atoms with Crippen LogP contribution in [-0.4, -0.2) is 19.1 Å². The van der Waals surface area contributed by atoms with Gasteiger partial charge in [-0.25, -0.2) is 4.39 Å². The van der Waals surface area contributed by atoms with Crippen molar-refractivity contribution in [3.05, 3.63) is 44.9 Å². The second-order valence-corrected chi connectivity index (χ2v) is 6.63. The van der Waals surface area contributed by atoms with Crippen molar-refractivity contribution in [1.82, 2.24) is 5.32 Å². The first-order chi connectivity index (χ1) is 11.5. The summed E-state index contributed by atoms with van der Waals surface area (Å²) in [7, 11) is 0. The van der Waals surface area contributed by atoms with E-state index in [1.807, 2.05) is 0 Å². The normalized spacial score (nSPS) is 13.2. The molecule has 3 rings (SSSR count). The predicted molar refractivity (Wildman–Crippen MR) is 92.7 cm³/mol. The molecule has 0 spiro atoms. The third-order valence-electron chi connectivity index (χ3n) is 3.70. The number of fused-ring (bicyclic) bond motifs is 1. The molecule has 25 heavy (non-hydrogen) atoms. The van der Waals surface area contributed by atoms with E-state index in [4.69, 9.17) is 0 Å². The Morgan fingerprint density at radius 1 is 1.40 bits per heavy atom. The van der Waals surface area contributed by atoms with Crippen molar-refractivity contribution in [3.63, 3.8) is 0 Å². The molecule has 1 amide bonds. The number of amides is 1. The monoisotopic (exact) mass is 392 g/mol. The minimum Gasteiger partial charge on any atom is -0.433 e. The Morgan fingerprint density at radius 2 is 2.16 bits per heavy atom. The smallest absolute Gasteiger partial charge is 0.387 e. The summed E-state index contributed by atoms with van der Waals surface area (Å²) < 4.78 is 43.8. The van der Waals surface area contributed by atoms with E-state index >= 15 is 0 Å². The van der Waals surface area contributed by atoms with Gasteiger partial charge in [0.05, 0.1) is 5.69 Å². The summed E-state index contributed by atoms with van der Waals surface area (Å²) in [6, 6.07) is 4.59. The third-order valence-corrected chi connectivity index (χ3v) is 4.73. The van der Waals surface area contributed by atoms with Crippen LogP contribution in [0.4, 0.5) is 18.9 Å². The predicted octanol–water partition coefficient (Wildman–Crippen LogP) is 4.12. The van der Waals surface area contributed by atoms with E-state index < -0.39 is 18.3 Å². The number of ether oxygens (including phenoxy) is 1. The molecule has 0 saturated carbocycles. The van der Waals surface area contributed by atoms with Gasteiger partial charge in [0.15, 0.2) is 0 Å².